The smallest absolute Gasteiger partial charge is 0.302 e. The number of carbonyl (C=O) groups is 3. The van der Waals surface area contributed by atoms with E-state index in [1.165, 1.54) is 30.4 Å². The van der Waals surface area contributed by atoms with E-state index in [1.54, 1.807) is 9.80 Å². The van der Waals surface area contributed by atoms with E-state index in [4.69, 9.17) is 14.5 Å². The van der Waals surface area contributed by atoms with Crippen molar-refractivity contribution < 1.29 is 23.9 Å². The number of amidine groups is 1. The van der Waals surface area contributed by atoms with Gasteiger partial charge in [0.2, 0.25) is 5.91 Å². The average Bonchev–Trinajstić information content (AvgIpc) is 3.51. The third-order valence-electron chi connectivity index (χ3n) is 7.03. The molecule has 11 nitrogen and oxygen atoms in total. The topological polar surface area (TPSA) is 116 Å². The van der Waals surface area contributed by atoms with Crippen LogP contribution in [0, 0.1) is 0 Å². The summed E-state index contributed by atoms with van der Waals surface area (Å²) in [6, 6.07) is 21.1. The van der Waals surface area contributed by atoms with Gasteiger partial charge in [-0.3, -0.25) is 19.3 Å². The summed E-state index contributed by atoms with van der Waals surface area (Å²) in [7, 11) is 5.61. The third-order valence-corrected chi connectivity index (χ3v) is 9.46. The van der Waals surface area contributed by atoms with Crippen LogP contribution in [0.3, 0.4) is 0 Å². The molecule has 2 N–H and O–H groups in total. The number of thioether (sulfide) groups is 2. The number of carbonyl (C=O) groups excluding carboxylic acids is 3. The van der Waals surface area contributed by atoms with Crippen molar-refractivity contribution in [1.29, 1.82) is 0 Å². The lowest BCUT2D eigenvalue weighted by Crippen LogP contribution is -2.29. The fourth-order valence-corrected chi connectivity index (χ4v) is 7.23. The molecule has 1 saturated heterocycles. The number of anilines is 3. The first kappa shape index (κ1) is 33.9. The number of amides is 2. The van der Waals surface area contributed by atoms with Gasteiger partial charge in [0.05, 0.1) is 35.2 Å². The largest absolute Gasteiger partial charge is 0.490 e. The average molecular weight is 675 g/mol. The first-order valence-corrected chi connectivity index (χ1v) is 16.8. The molecule has 0 spiro atoms. The third kappa shape index (κ3) is 8.47. The minimum atomic E-state index is -0.352. The van der Waals surface area contributed by atoms with Gasteiger partial charge >= 0.3 is 5.97 Å². The Hall–Kier alpha value is -4.46. The highest BCUT2D eigenvalue weighted by Gasteiger charge is 2.39. The first-order chi connectivity index (χ1) is 22.6. The zero-order valence-electron chi connectivity index (χ0n) is 27.0. The van der Waals surface area contributed by atoms with Crippen LogP contribution in [-0.2, 0) is 25.7 Å². The molecule has 2 amide bonds. The van der Waals surface area contributed by atoms with Crippen molar-refractivity contribution >= 4 is 69.2 Å². The van der Waals surface area contributed by atoms with Crippen molar-refractivity contribution in [3.05, 3.63) is 82.2 Å². The fourth-order valence-electron chi connectivity index (χ4n) is 4.92. The Balaban J connectivity index is 1.48. The fraction of sp³-hybridized carbons (Fsp3) is 0.294. The molecular formula is C34H38N6O5S2. The monoisotopic (exact) mass is 674 g/mol. The Morgan fingerprint density at radius 1 is 1.00 bits per heavy atom. The predicted octanol–water partition coefficient (Wildman–Crippen LogP) is 5.73. The lowest BCUT2D eigenvalue weighted by atomic mass is 10.2. The number of esters is 1. The van der Waals surface area contributed by atoms with Crippen LogP contribution in [0.5, 0.6) is 5.75 Å². The highest BCUT2D eigenvalue weighted by Crippen LogP contribution is 2.51. The van der Waals surface area contributed by atoms with Gasteiger partial charge < -0.3 is 29.9 Å². The van der Waals surface area contributed by atoms with Gasteiger partial charge in [0.25, 0.3) is 5.91 Å². The zero-order valence-corrected chi connectivity index (χ0v) is 28.7. The Morgan fingerprint density at radius 2 is 1.79 bits per heavy atom. The Kier molecular flexibility index (Phi) is 11.1. The van der Waals surface area contributed by atoms with Gasteiger partial charge in [0.1, 0.15) is 23.9 Å². The maximum atomic E-state index is 14.2. The SMILES string of the molecule is CCNc1ccc(NC(=O)CN(C)C)cc1N=C1SC(=C2Sc3ccc(OCCOC(C)=O)cc3N2C)C(=O)N1Cc1ccccc1. The summed E-state index contributed by atoms with van der Waals surface area (Å²) in [6.07, 6.45) is 0. The van der Waals surface area contributed by atoms with Gasteiger partial charge in [0.15, 0.2) is 5.17 Å². The van der Waals surface area contributed by atoms with E-state index in [0.717, 1.165) is 26.9 Å². The van der Waals surface area contributed by atoms with E-state index in [1.807, 2.05) is 99.7 Å². The Morgan fingerprint density at radius 3 is 2.51 bits per heavy atom. The predicted molar refractivity (Wildman–Crippen MR) is 189 cm³/mol. The van der Waals surface area contributed by atoms with E-state index >= 15 is 0 Å². The van der Waals surface area contributed by atoms with Gasteiger partial charge in [-0.1, -0.05) is 42.1 Å². The number of fused-ring (bicyclic) bond motifs is 1. The Labute approximate surface area is 283 Å². The lowest BCUT2D eigenvalue weighted by Gasteiger charge is -2.18. The second kappa shape index (κ2) is 15.4. The quantitative estimate of drug-likeness (QED) is 0.140. The highest BCUT2D eigenvalue weighted by atomic mass is 32.2. The summed E-state index contributed by atoms with van der Waals surface area (Å²) in [5.41, 5.74) is 3.91. The number of likely N-dealkylation sites (N-methyl/N-ethyl adjacent to an activating group) is 1. The summed E-state index contributed by atoms with van der Waals surface area (Å²) in [6.45, 7) is 5.04. The molecule has 0 saturated carbocycles. The molecule has 0 radical (unpaired) electrons. The van der Waals surface area contributed by atoms with Crippen LogP contribution in [0.15, 0.2) is 86.6 Å². The molecule has 2 aliphatic heterocycles. The van der Waals surface area contributed by atoms with Crippen molar-refractivity contribution in [3.63, 3.8) is 0 Å². The Bertz CT molecular complexity index is 1710. The normalized spacial score (nSPS) is 16.6. The van der Waals surface area contributed by atoms with Crippen molar-refractivity contribution in [1.82, 2.24) is 9.80 Å². The van der Waals surface area contributed by atoms with Crippen LogP contribution < -0.4 is 20.3 Å². The summed E-state index contributed by atoms with van der Waals surface area (Å²) < 4.78 is 10.8. The van der Waals surface area contributed by atoms with E-state index in [-0.39, 0.29) is 37.5 Å². The molecule has 0 atom stereocenters. The number of nitrogens with one attached hydrogen (secondary N) is 2. The van der Waals surface area contributed by atoms with Gasteiger partial charge in [-0.2, -0.15) is 0 Å². The van der Waals surface area contributed by atoms with E-state index in [9.17, 15) is 14.4 Å². The maximum absolute atomic E-state index is 14.2. The van der Waals surface area contributed by atoms with Crippen LogP contribution in [-0.4, -0.2) is 80.2 Å². The highest BCUT2D eigenvalue weighted by molar-refractivity contribution is 8.19. The van der Waals surface area contributed by atoms with Crippen molar-refractivity contribution in [3.8, 4) is 5.75 Å². The molecule has 5 rings (SSSR count). The molecular weight excluding hydrogens is 637 g/mol. The minimum Gasteiger partial charge on any atom is -0.490 e. The number of rotatable bonds is 12. The van der Waals surface area contributed by atoms with Crippen molar-refractivity contribution in [2.24, 2.45) is 4.99 Å². The van der Waals surface area contributed by atoms with E-state index in [2.05, 4.69) is 10.6 Å². The number of benzene rings is 3. The molecule has 0 unspecified atom stereocenters. The molecule has 3 aromatic carbocycles. The van der Waals surface area contributed by atoms with Crippen LogP contribution in [0.4, 0.5) is 22.7 Å². The maximum Gasteiger partial charge on any atom is 0.302 e. The lowest BCUT2D eigenvalue weighted by molar-refractivity contribution is -0.141. The van der Waals surface area contributed by atoms with Crippen LogP contribution >= 0.6 is 23.5 Å². The van der Waals surface area contributed by atoms with Crippen molar-refractivity contribution in [2.45, 2.75) is 25.3 Å². The van der Waals surface area contributed by atoms with E-state index in [0.29, 0.717) is 40.3 Å². The van der Waals surface area contributed by atoms with Crippen LogP contribution in [0.2, 0.25) is 0 Å². The van der Waals surface area contributed by atoms with E-state index < -0.39 is 0 Å². The molecule has 0 bridgehead atoms. The number of ether oxygens (including phenoxy) is 2. The molecule has 3 aromatic rings. The van der Waals surface area contributed by atoms with Gasteiger partial charge in [-0.15, -0.1) is 0 Å². The zero-order chi connectivity index (χ0) is 33.5. The summed E-state index contributed by atoms with van der Waals surface area (Å²) >= 11 is 2.86. The summed E-state index contributed by atoms with van der Waals surface area (Å²) in [5.74, 6) is 0.0153. The second-order valence-corrected chi connectivity index (χ2v) is 13.0. The number of nitrogens with zero attached hydrogens (tertiary/aromatic N) is 4. The number of aliphatic imine (C=N–C) groups is 1. The molecule has 1 fully saturated rings. The molecule has 246 valence electrons. The van der Waals surface area contributed by atoms with Gasteiger partial charge in [0, 0.05) is 37.2 Å². The summed E-state index contributed by atoms with van der Waals surface area (Å²) in [5, 5.41) is 7.63. The molecule has 0 aromatic heterocycles. The second-order valence-electron chi connectivity index (χ2n) is 11.0. The molecule has 2 heterocycles. The van der Waals surface area contributed by atoms with Gasteiger partial charge in [-0.25, -0.2) is 4.99 Å². The van der Waals surface area contributed by atoms with Crippen LogP contribution in [0.1, 0.15) is 19.4 Å². The first-order valence-electron chi connectivity index (χ1n) is 15.1. The van der Waals surface area contributed by atoms with Crippen LogP contribution in [0.25, 0.3) is 0 Å². The number of hydrogen-bond acceptors (Lipinski definition) is 11. The minimum absolute atomic E-state index is 0.133. The standard InChI is InChI=1S/C34H38N6O5S2/c1-6-35-26-14-12-24(36-30(42)21-38(3)4)18-27(26)37-34-40(20-23-10-8-7-9-11-23)32(43)31(47-34)33-39(5)28-19-25(13-15-29(28)46-33)45-17-16-44-22(2)41/h7-15,18-19,35H,6,16-17,20-21H2,1-5H3,(H,36,42). The molecule has 13 heteroatoms. The summed E-state index contributed by atoms with van der Waals surface area (Å²) in [4.78, 5) is 49.9. The number of hydrogen-bond donors (Lipinski definition) is 2. The molecule has 2 aliphatic rings. The molecule has 47 heavy (non-hydrogen) atoms. The molecule has 0 aliphatic carbocycles. The van der Waals surface area contributed by atoms with Gasteiger partial charge in [-0.05, 0) is 68.7 Å². The van der Waals surface area contributed by atoms with Crippen molar-refractivity contribution in [2.75, 3.05) is 63.0 Å².